The summed E-state index contributed by atoms with van der Waals surface area (Å²) in [5, 5.41) is 0. The highest BCUT2D eigenvalue weighted by atomic mass is 19.1. The Bertz CT molecular complexity index is 430. The summed E-state index contributed by atoms with van der Waals surface area (Å²) in [4.78, 5) is 0. The van der Waals surface area contributed by atoms with Crippen LogP contribution in [0.2, 0.25) is 0 Å². The van der Waals surface area contributed by atoms with Gasteiger partial charge >= 0.3 is 0 Å². The molecule has 1 aromatic carbocycles. The molecule has 0 aromatic heterocycles. The Balaban J connectivity index is 1.76. The molecule has 1 aromatic rings. The van der Waals surface area contributed by atoms with Crippen LogP contribution in [-0.4, -0.2) is 6.61 Å². The van der Waals surface area contributed by atoms with Gasteiger partial charge in [-0.05, 0) is 74.5 Å². The molecule has 1 aliphatic rings. The van der Waals surface area contributed by atoms with Gasteiger partial charge in [0.05, 0.1) is 12.9 Å². The summed E-state index contributed by atoms with van der Waals surface area (Å²) in [7, 11) is 0. The van der Waals surface area contributed by atoms with Gasteiger partial charge in [0.2, 0.25) is 0 Å². The third kappa shape index (κ3) is 5.47. The molecule has 1 nitrogen and oxygen atoms in total. The van der Waals surface area contributed by atoms with E-state index in [2.05, 4.69) is 31.2 Å². The van der Waals surface area contributed by atoms with Crippen molar-refractivity contribution in [3.05, 3.63) is 42.2 Å². The second-order valence-corrected chi connectivity index (χ2v) is 6.43. The molecule has 0 heterocycles. The normalized spacial score (nSPS) is 22.1. The Morgan fingerprint density at radius 1 is 1.14 bits per heavy atom. The molecule has 0 aliphatic heterocycles. The van der Waals surface area contributed by atoms with E-state index in [0.717, 1.165) is 37.5 Å². The standard InChI is InChI=1S/C20H29FO/c1-2-3-16-22-20-13-11-19(12-14-20)18-9-7-17(8-10-18)6-4-5-15-21/h5,11-15,17-18H,2-4,6-10,16H2,1H3. The monoisotopic (exact) mass is 304 g/mol. The SMILES string of the molecule is CCCCOc1ccc(C2CCC(CCC=CF)CC2)cc1. The Kier molecular flexibility index (Phi) is 7.48. The molecule has 0 amide bonds. The number of benzene rings is 1. The summed E-state index contributed by atoms with van der Waals surface area (Å²) < 4.78 is 17.7. The maximum Gasteiger partial charge on any atom is 0.119 e. The van der Waals surface area contributed by atoms with Gasteiger partial charge in [0.25, 0.3) is 0 Å². The fourth-order valence-electron chi connectivity index (χ4n) is 3.35. The van der Waals surface area contributed by atoms with E-state index in [1.165, 1.54) is 37.7 Å². The van der Waals surface area contributed by atoms with Crippen LogP contribution in [0.4, 0.5) is 4.39 Å². The van der Waals surface area contributed by atoms with Gasteiger partial charge in [-0.15, -0.1) is 0 Å². The summed E-state index contributed by atoms with van der Waals surface area (Å²) in [6.45, 7) is 2.99. The van der Waals surface area contributed by atoms with Crippen molar-refractivity contribution in [2.45, 2.75) is 64.2 Å². The number of allylic oxidation sites excluding steroid dienone is 1. The summed E-state index contributed by atoms with van der Waals surface area (Å²) in [5.41, 5.74) is 1.45. The zero-order valence-electron chi connectivity index (χ0n) is 13.8. The lowest BCUT2D eigenvalue weighted by atomic mass is 9.77. The highest BCUT2D eigenvalue weighted by Crippen LogP contribution is 2.37. The van der Waals surface area contributed by atoms with Crippen molar-refractivity contribution in [3.8, 4) is 5.75 Å². The summed E-state index contributed by atoms with van der Waals surface area (Å²) in [5.74, 6) is 2.46. The maximum absolute atomic E-state index is 12.0. The highest BCUT2D eigenvalue weighted by molar-refractivity contribution is 5.29. The predicted molar refractivity (Wildman–Crippen MR) is 91.0 cm³/mol. The van der Waals surface area contributed by atoms with E-state index in [9.17, 15) is 4.39 Å². The molecule has 2 heteroatoms. The predicted octanol–water partition coefficient (Wildman–Crippen LogP) is 6.40. The van der Waals surface area contributed by atoms with Crippen molar-refractivity contribution >= 4 is 0 Å². The first-order valence-corrected chi connectivity index (χ1v) is 8.81. The van der Waals surface area contributed by atoms with Crippen LogP contribution in [0, 0.1) is 5.92 Å². The number of halogens is 1. The first-order valence-electron chi connectivity index (χ1n) is 8.81. The molecule has 0 saturated heterocycles. The van der Waals surface area contributed by atoms with Crippen molar-refractivity contribution in [3.63, 3.8) is 0 Å². The summed E-state index contributed by atoms with van der Waals surface area (Å²) >= 11 is 0. The number of hydrogen-bond donors (Lipinski definition) is 0. The fraction of sp³-hybridized carbons (Fsp3) is 0.600. The van der Waals surface area contributed by atoms with Gasteiger partial charge in [0.15, 0.2) is 0 Å². The lowest BCUT2D eigenvalue weighted by molar-refractivity contribution is 0.306. The van der Waals surface area contributed by atoms with E-state index in [1.807, 2.05) is 0 Å². The van der Waals surface area contributed by atoms with Crippen molar-refractivity contribution < 1.29 is 9.13 Å². The quantitative estimate of drug-likeness (QED) is 0.505. The largest absolute Gasteiger partial charge is 0.494 e. The minimum Gasteiger partial charge on any atom is -0.494 e. The first-order chi connectivity index (χ1) is 10.8. The molecule has 122 valence electrons. The van der Waals surface area contributed by atoms with E-state index in [0.29, 0.717) is 12.2 Å². The van der Waals surface area contributed by atoms with E-state index in [-0.39, 0.29) is 0 Å². The van der Waals surface area contributed by atoms with Crippen LogP contribution < -0.4 is 4.74 Å². The molecule has 0 N–H and O–H groups in total. The molecule has 1 saturated carbocycles. The van der Waals surface area contributed by atoms with Gasteiger partial charge in [-0.2, -0.15) is 0 Å². The molecule has 2 rings (SSSR count). The van der Waals surface area contributed by atoms with Gasteiger partial charge in [0, 0.05) is 0 Å². The Labute approximate surface area is 134 Å². The third-order valence-corrected chi connectivity index (χ3v) is 4.80. The fourth-order valence-corrected chi connectivity index (χ4v) is 3.35. The van der Waals surface area contributed by atoms with Crippen molar-refractivity contribution in [1.82, 2.24) is 0 Å². The zero-order chi connectivity index (χ0) is 15.6. The summed E-state index contributed by atoms with van der Waals surface area (Å²) in [6, 6.07) is 8.70. The molecule has 0 spiro atoms. The number of unbranched alkanes of at least 4 members (excludes halogenated alkanes) is 1. The molecule has 1 aliphatic carbocycles. The molecule has 1 fully saturated rings. The van der Waals surface area contributed by atoms with Crippen LogP contribution >= 0.6 is 0 Å². The summed E-state index contributed by atoms with van der Waals surface area (Å²) in [6.07, 6.45) is 11.7. The lowest BCUT2D eigenvalue weighted by Gasteiger charge is -2.28. The minimum atomic E-state index is 0.676. The van der Waals surface area contributed by atoms with Gasteiger partial charge in [-0.1, -0.05) is 31.6 Å². The first kappa shape index (κ1) is 17.1. The van der Waals surface area contributed by atoms with Crippen LogP contribution in [0.3, 0.4) is 0 Å². The van der Waals surface area contributed by atoms with Crippen LogP contribution in [0.1, 0.15) is 69.8 Å². The van der Waals surface area contributed by atoms with Gasteiger partial charge in [-0.25, -0.2) is 4.39 Å². The molecule has 0 bridgehead atoms. The third-order valence-electron chi connectivity index (χ3n) is 4.80. The van der Waals surface area contributed by atoms with Crippen molar-refractivity contribution in [2.24, 2.45) is 5.92 Å². The van der Waals surface area contributed by atoms with Crippen LogP contribution in [0.5, 0.6) is 5.75 Å². The smallest absolute Gasteiger partial charge is 0.119 e. The Morgan fingerprint density at radius 2 is 1.86 bits per heavy atom. The lowest BCUT2D eigenvalue weighted by Crippen LogP contribution is -2.13. The zero-order valence-corrected chi connectivity index (χ0v) is 13.8. The highest BCUT2D eigenvalue weighted by Gasteiger charge is 2.21. The van der Waals surface area contributed by atoms with Gasteiger partial charge < -0.3 is 4.74 Å². The Morgan fingerprint density at radius 3 is 2.50 bits per heavy atom. The van der Waals surface area contributed by atoms with Crippen LogP contribution in [-0.2, 0) is 0 Å². The molecular formula is C20H29FO. The van der Waals surface area contributed by atoms with Gasteiger partial charge in [-0.3, -0.25) is 0 Å². The number of ether oxygens (including phenoxy) is 1. The van der Waals surface area contributed by atoms with E-state index < -0.39 is 0 Å². The van der Waals surface area contributed by atoms with E-state index in [4.69, 9.17) is 4.74 Å². The molecule has 0 unspecified atom stereocenters. The molecular weight excluding hydrogens is 275 g/mol. The van der Waals surface area contributed by atoms with Gasteiger partial charge in [0.1, 0.15) is 5.75 Å². The second-order valence-electron chi connectivity index (χ2n) is 6.43. The molecule has 0 radical (unpaired) electrons. The number of hydrogen-bond acceptors (Lipinski definition) is 1. The number of rotatable bonds is 8. The van der Waals surface area contributed by atoms with Crippen molar-refractivity contribution in [1.29, 1.82) is 0 Å². The maximum atomic E-state index is 12.0. The molecule has 0 atom stereocenters. The topological polar surface area (TPSA) is 9.23 Å². The Hall–Kier alpha value is -1.31. The van der Waals surface area contributed by atoms with Crippen LogP contribution in [0.15, 0.2) is 36.7 Å². The average Bonchev–Trinajstić information content (AvgIpc) is 2.57. The van der Waals surface area contributed by atoms with Crippen LogP contribution in [0.25, 0.3) is 0 Å². The second kappa shape index (κ2) is 9.66. The van der Waals surface area contributed by atoms with Crippen molar-refractivity contribution in [2.75, 3.05) is 6.61 Å². The van der Waals surface area contributed by atoms with E-state index >= 15 is 0 Å². The average molecular weight is 304 g/mol. The van der Waals surface area contributed by atoms with E-state index in [1.54, 1.807) is 6.08 Å². The minimum absolute atomic E-state index is 0.676. The molecule has 22 heavy (non-hydrogen) atoms.